The van der Waals surface area contributed by atoms with Crippen LogP contribution in [0.2, 0.25) is 0 Å². The number of fused-ring (bicyclic) bond motifs is 1. The Balaban J connectivity index is 1.42. The molecule has 0 spiro atoms. The molecule has 0 aliphatic carbocycles. The molecule has 1 fully saturated rings. The predicted octanol–water partition coefficient (Wildman–Crippen LogP) is 3.20. The summed E-state index contributed by atoms with van der Waals surface area (Å²) in [7, 11) is 0. The molecule has 1 N–H and O–H groups in total. The molecule has 2 aromatic rings. The van der Waals surface area contributed by atoms with Gasteiger partial charge in [0.1, 0.15) is 18.0 Å². The van der Waals surface area contributed by atoms with Crippen LogP contribution in [-0.2, 0) is 6.54 Å². The second-order valence-corrected chi connectivity index (χ2v) is 6.20. The summed E-state index contributed by atoms with van der Waals surface area (Å²) < 4.78 is 10.8. The first-order valence-electron chi connectivity index (χ1n) is 8.58. The van der Waals surface area contributed by atoms with Gasteiger partial charge in [0.05, 0.1) is 0 Å². The van der Waals surface area contributed by atoms with Crippen LogP contribution >= 0.6 is 0 Å². The summed E-state index contributed by atoms with van der Waals surface area (Å²) in [4.78, 5) is 11.1. The van der Waals surface area contributed by atoms with Crippen molar-refractivity contribution in [1.82, 2.24) is 9.97 Å². The van der Waals surface area contributed by atoms with Gasteiger partial charge >= 0.3 is 0 Å². The lowest BCUT2D eigenvalue weighted by atomic mass is 10.2. The zero-order valence-corrected chi connectivity index (χ0v) is 13.7. The lowest BCUT2D eigenvalue weighted by Gasteiger charge is -2.21. The van der Waals surface area contributed by atoms with Crippen molar-refractivity contribution in [2.24, 2.45) is 0 Å². The minimum absolute atomic E-state index is 0.303. The fourth-order valence-corrected chi connectivity index (χ4v) is 3.16. The molecule has 1 aromatic carbocycles. The van der Waals surface area contributed by atoms with Crippen molar-refractivity contribution < 1.29 is 9.47 Å². The summed E-state index contributed by atoms with van der Waals surface area (Å²) in [6.45, 7) is 3.15. The molecular formula is C18H22N4O2. The lowest BCUT2D eigenvalue weighted by Crippen LogP contribution is -2.25. The van der Waals surface area contributed by atoms with E-state index in [1.165, 1.54) is 25.7 Å². The maximum atomic E-state index is 5.42. The smallest absolute Gasteiger partial charge is 0.231 e. The molecule has 0 unspecified atom stereocenters. The Hall–Kier alpha value is -2.50. The van der Waals surface area contributed by atoms with Gasteiger partial charge in [-0.3, -0.25) is 0 Å². The van der Waals surface area contributed by atoms with Crippen molar-refractivity contribution in [2.75, 3.05) is 30.1 Å². The summed E-state index contributed by atoms with van der Waals surface area (Å²) in [5, 5.41) is 3.37. The van der Waals surface area contributed by atoms with Crippen molar-refractivity contribution in [1.29, 1.82) is 0 Å². The van der Waals surface area contributed by atoms with Crippen molar-refractivity contribution in [3.8, 4) is 11.5 Å². The van der Waals surface area contributed by atoms with E-state index in [1.54, 1.807) is 6.33 Å². The molecule has 1 saturated heterocycles. The van der Waals surface area contributed by atoms with E-state index >= 15 is 0 Å². The first-order chi connectivity index (χ1) is 11.9. The topological polar surface area (TPSA) is 59.5 Å². The summed E-state index contributed by atoms with van der Waals surface area (Å²) in [5.74, 6) is 3.48. The van der Waals surface area contributed by atoms with Crippen LogP contribution in [0, 0.1) is 0 Å². The highest BCUT2D eigenvalue weighted by atomic mass is 16.7. The van der Waals surface area contributed by atoms with Crippen LogP contribution in [0.1, 0.15) is 31.2 Å². The standard InChI is InChI=1S/C18H22N4O2/c1-2-4-8-22(7-3-1)18-10-17(20-12-21-18)19-11-14-5-6-15-16(9-14)24-13-23-15/h5-6,9-10,12H,1-4,7-8,11,13H2,(H,19,20,21). The molecule has 0 radical (unpaired) electrons. The molecule has 0 amide bonds. The highest BCUT2D eigenvalue weighted by Crippen LogP contribution is 2.32. The van der Waals surface area contributed by atoms with Crippen LogP contribution in [0.3, 0.4) is 0 Å². The molecule has 0 bridgehead atoms. The van der Waals surface area contributed by atoms with Crippen molar-refractivity contribution >= 4 is 11.6 Å². The fourth-order valence-electron chi connectivity index (χ4n) is 3.16. The lowest BCUT2D eigenvalue weighted by molar-refractivity contribution is 0.174. The van der Waals surface area contributed by atoms with Gasteiger partial charge in [-0.1, -0.05) is 18.9 Å². The van der Waals surface area contributed by atoms with Gasteiger partial charge in [0.15, 0.2) is 11.5 Å². The Morgan fingerprint density at radius 1 is 0.958 bits per heavy atom. The normalized spacial score (nSPS) is 16.8. The van der Waals surface area contributed by atoms with E-state index in [0.717, 1.165) is 41.8 Å². The van der Waals surface area contributed by atoms with E-state index in [4.69, 9.17) is 9.47 Å². The van der Waals surface area contributed by atoms with Crippen LogP contribution in [0.4, 0.5) is 11.6 Å². The minimum Gasteiger partial charge on any atom is -0.454 e. The third-order valence-electron chi connectivity index (χ3n) is 4.49. The molecule has 126 valence electrons. The van der Waals surface area contributed by atoms with E-state index in [-0.39, 0.29) is 0 Å². The Bertz CT molecular complexity index is 699. The third-order valence-corrected chi connectivity index (χ3v) is 4.49. The van der Waals surface area contributed by atoms with Crippen molar-refractivity contribution in [2.45, 2.75) is 32.2 Å². The average Bonchev–Trinajstić information content (AvgIpc) is 2.92. The first-order valence-corrected chi connectivity index (χ1v) is 8.58. The number of ether oxygens (including phenoxy) is 2. The average molecular weight is 326 g/mol. The molecule has 3 heterocycles. The molecule has 2 aliphatic rings. The van der Waals surface area contributed by atoms with E-state index in [2.05, 4.69) is 20.2 Å². The van der Waals surface area contributed by atoms with Gasteiger partial charge in [-0.2, -0.15) is 0 Å². The van der Waals surface area contributed by atoms with Crippen LogP contribution in [0.15, 0.2) is 30.6 Å². The molecule has 2 aliphatic heterocycles. The second kappa shape index (κ2) is 6.95. The first kappa shape index (κ1) is 15.1. The van der Waals surface area contributed by atoms with Gasteiger partial charge in [0.25, 0.3) is 0 Å². The van der Waals surface area contributed by atoms with Gasteiger partial charge in [-0.15, -0.1) is 0 Å². The van der Waals surface area contributed by atoms with Crippen molar-refractivity contribution in [3.63, 3.8) is 0 Å². The summed E-state index contributed by atoms with van der Waals surface area (Å²) in [6, 6.07) is 8.03. The number of aromatic nitrogens is 2. The number of nitrogens with zero attached hydrogens (tertiary/aromatic N) is 3. The number of hydrogen-bond acceptors (Lipinski definition) is 6. The monoisotopic (exact) mass is 326 g/mol. The Morgan fingerprint density at radius 3 is 2.67 bits per heavy atom. The van der Waals surface area contributed by atoms with Crippen LogP contribution < -0.4 is 19.7 Å². The quantitative estimate of drug-likeness (QED) is 0.931. The van der Waals surface area contributed by atoms with Gasteiger partial charge in [-0.25, -0.2) is 9.97 Å². The SMILES string of the molecule is c1nc(NCc2ccc3c(c2)OCO3)cc(N2CCCCCC2)n1. The maximum Gasteiger partial charge on any atom is 0.231 e. The Morgan fingerprint density at radius 2 is 1.79 bits per heavy atom. The van der Waals surface area contributed by atoms with Gasteiger partial charge in [0.2, 0.25) is 6.79 Å². The predicted molar refractivity (Wildman–Crippen MR) is 92.6 cm³/mol. The van der Waals surface area contributed by atoms with E-state index in [0.29, 0.717) is 13.3 Å². The van der Waals surface area contributed by atoms with Crippen LogP contribution in [-0.4, -0.2) is 29.9 Å². The molecule has 6 nitrogen and oxygen atoms in total. The summed E-state index contributed by atoms with van der Waals surface area (Å²) in [5.41, 5.74) is 1.13. The molecule has 4 rings (SSSR count). The Labute approximate surface area is 141 Å². The number of benzene rings is 1. The second-order valence-electron chi connectivity index (χ2n) is 6.20. The molecule has 0 atom stereocenters. The van der Waals surface area contributed by atoms with E-state index in [1.807, 2.05) is 24.3 Å². The molecule has 24 heavy (non-hydrogen) atoms. The molecule has 0 saturated carbocycles. The number of rotatable bonds is 4. The van der Waals surface area contributed by atoms with Crippen LogP contribution in [0.25, 0.3) is 0 Å². The van der Waals surface area contributed by atoms with E-state index < -0.39 is 0 Å². The van der Waals surface area contributed by atoms with Crippen LogP contribution in [0.5, 0.6) is 11.5 Å². The zero-order chi connectivity index (χ0) is 16.2. The Kier molecular flexibility index (Phi) is 4.36. The molecule has 6 heteroatoms. The number of anilines is 2. The number of nitrogens with one attached hydrogen (secondary N) is 1. The maximum absolute atomic E-state index is 5.42. The van der Waals surface area contributed by atoms with Crippen molar-refractivity contribution in [3.05, 3.63) is 36.2 Å². The zero-order valence-electron chi connectivity index (χ0n) is 13.7. The minimum atomic E-state index is 0.303. The van der Waals surface area contributed by atoms with Gasteiger partial charge < -0.3 is 19.7 Å². The highest BCUT2D eigenvalue weighted by Gasteiger charge is 2.14. The summed E-state index contributed by atoms with van der Waals surface area (Å²) >= 11 is 0. The van der Waals surface area contributed by atoms with Gasteiger partial charge in [-0.05, 0) is 30.5 Å². The molecule has 1 aromatic heterocycles. The number of hydrogen-bond donors (Lipinski definition) is 1. The summed E-state index contributed by atoms with van der Waals surface area (Å²) in [6.07, 6.45) is 6.75. The van der Waals surface area contributed by atoms with E-state index in [9.17, 15) is 0 Å². The molecular weight excluding hydrogens is 304 g/mol. The fraction of sp³-hybridized carbons (Fsp3) is 0.444. The third kappa shape index (κ3) is 3.37. The highest BCUT2D eigenvalue weighted by molar-refractivity contribution is 5.50. The van der Waals surface area contributed by atoms with Gasteiger partial charge in [0, 0.05) is 25.7 Å². The largest absolute Gasteiger partial charge is 0.454 e.